The van der Waals surface area contributed by atoms with Gasteiger partial charge in [0.15, 0.2) is 0 Å². The summed E-state index contributed by atoms with van der Waals surface area (Å²) >= 11 is 0. The lowest BCUT2D eigenvalue weighted by atomic mass is 10.0. The van der Waals surface area contributed by atoms with Crippen molar-refractivity contribution in [3.05, 3.63) is 0 Å². The Labute approximate surface area is 73.7 Å². The van der Waals surface area contributed by atoms with E-state index in [1.165, 1.54) is 0 Å². The van der Waals surface area contributed by atoms with Crippen molar-refractivity contribution < 1.29 is 17.7 Å². The summed E-state index contributed by atoms with van der Waals surface area (Å²) in [4.78, 5) is 0. The molecule has 0 radical (unpaired) electrons. The van der Waals surface area contributed by atoms with Gasteiger partial charge in [-0.1, -0.05) is 0 Å². The molecule has 0 aromatic rings. The average Bonchev–Trinajstić information content (AvgIpc) is 1.49. The van der Waals surface area contributed by atoms with Gasteiger partial charge in [0.2, 0.25) is 0 Å². The second-order valence-electron chi connectivity index (χ2n) is 3.63. The van der Waals surface area contributed by atoms with Gasteiger partial charge in [-0.25, -0.2) is 0 Å². The Morgan fingerprint density at radius 2 is 1.92 bits per heavy atom. The van der Waals surface area contributed by atoms with E-state index in [4.69, 9.17) is 0 Å². The van der Waals surface area contributed by atoms with Crippen LogP contribution < -0.4 is 0 Å². The molecule has 4 nitrogen and oxygen atoms in total. The predicted molar refractivity (Wildman–Crippen MR) is 46.3 cm³/mol. The molecule has 0 rings (SSSR count). The smallest absolute Gasteiger partial charge is 0.264 e. The van der Waals surface area contributed by atoms with Crippen LogP contribution in [0.3, 0.4) is 0 Å². The highest BCUT2D eigenvalue weighted by Gasteiger charge is 2.20. The first-order chi connectivity index (χ1) is 5.10. The van der Waals surface area contributed by atoms with Gasteiger partial charge in [0, 0.05) is 6.42 Å². The molecule has 0 spiro atoms. The van der Waals surface area contributed by atoms with Gasteiger partial charge in [0.1, 0.15) is 0 Å². The van der Waals surface area contributed by atoms with Crippen molar-refractivity contribution >= 4 is 10.1 Å². The van der Waals surface area contributed by atoms with Crippen LogP contribution >= 0.6 is 0 Å². The number of rotatable bonds is 4. The Morgan fingerprint density at radius 3 is 2.17 bits per heavy atom. The highest BCUT2D eigenvalue weighted by Crippen LogP contribution is 2.13. The van der Waals surface area contributed by atoms with E-state index in [-0.39, 0.29) is 0 Å². The Kier molecular flexibility index (Phi) is 3.68. The molecule has 0 fully saturated rings. The maximum absolute atomic E-state index is 10.6. The van der Waals surface area contributed by atoms with E-state index >= 15 is 0 Å². The Bertz CT molecular complexity index is 224. The Morgan fingerprint density at radius 1 is 1.50 bits per heavy atom. The Balaban J connectivity index is 4.00. The molecule has 74 valence electrons. The molecule has 0 aromatic heterocycles. The van der Waals surface area contributed by atoms with Crippen molar-refractivity contribution in [2.75, 3.05) is 6.26 Å². The van der Waals surface area contributed by atoms with Crippen LogP contribution in [0, 0.1) is 0 Å². The van der Waals surface area contributed by atoms with Crippen LogP contribution in [0.4, 0.5) is 0 Å². The van der Waals surface area contributed by atoms with Crippen LogP contribution in [0.25, 0.3) is 0 Å². The molecule has 0 aliphatic heterocycles. The zero-order chi connectivity index (χ0) is 9.99. The summed E-state index contributed by atoms with van der Waals surface area (Å²) in [7, 11) is -3.41. The third kappa shape index (κ3) is 7.97. The van der Waals surface area contributed by atoms with Gasteiger partial charge in [-0.15, -0.1) is 0 Å². The SMILES string of the molecule is CC(CC(C)(C)O)OS(C)(=O)=O. The predicted octanol–water partition coefficient (Wildman–Crippen LogP) is 0.512. The van der Waals surface area contributed by atoms with E-state index in [1.807, 2.05) is 0 Å². The van der Waals surface area contributed by atoms with Crippen LogP contribution in [-0.2, 0) is 14.3 Å². The molecule has 0 saturated carbocycles. The summed E-state index contributed by atoms with van der Waals surface area (Å²) in [5, 5.41) is 9.31. The van der Waals surface area contributed by atoms with Crippen molar-refractivity contribution in [3.63, 3.8) is 0 Å². The summed E-state index contributed by atoms with van der Waals surface area (Å²) in [5.74, 6) is 0. The fourth-order valence-electron chi connectivity index (χ4n) is 1.04. The van der Waals surface area contributed by atoms with Gasteiger partial charge in [-0.2, -0.15) is 8.42 Å². The van der Waals surface area contributed by atoms with Gasteiger partial charge in [-0.3, -0.25) is 4.18 Å². The molecule has 1 atom stereocenters. The van der Waals surface area contributed by atoms with Gasteiger partial charge in [0.25, 0.3) is 10.1 Å². The van der Waals surface area contributed by atoms with Crippen LogP contribution in [0.5, 0.6) is 0 Å². The van der Waals surface area contributed by atoms with Crippen molar-refractivity contribution in [1.29, 1.82) is 0 Å². The number of aliphatic hydroxyl groups is 1. The van der Waals surface area contributed by atoms with E-state index in [9.17, 15) is 13.5 Å². The van der Waals surface area contributed by atoms with E-state index in [0.29, 0.717) is 6.42 Å². The van der Waals surface area contributed by atoms with E-state index in [1.54, 1.807) is 20.8 Å². The lowest BCUT2D eigenvalue weighted by Crippen LogP contribution is -2.27. The van der Waals surface area contributed by atoms with Crippen LogP contribution in [0.2, 0.25) is 0 Å². The maximum atomic E-state index is 10.6. The van der Waals surface area contributed by atoms with Crippen LogP contribution in [0.15, 0.2) is 0 Å². The molecular formula is C7H16O4S. The number of hydrogen-bond donors (Lipinski definition) is 1. The summed E-state index contributed by atoms with van der Waals surface area (Å²) in [6, 6.07) is 0. The van der Waals surface area contributed by atoms with Gasteiger partial charge >= 0.3 is 0 Å². The lowest BCUT2D eigenvalue weighted by molar-refractivity contribution is 0.0345. The average molecular weight is 196 g/mol. The van der Waals surface area contributed by atoms with E-state index < -0.39 is 21.8 Å². The molecule has 0 heterocycles. The molecule has 1 unspecified atom stereocenters. The molecule has 5 heteroatoms. The third-order valence-corrected chi connectivity index (χ3v) is 1.80. The minimum absolute atomic E-state index is 0.292. The number of hydrogen-bond acceptors (Lipinski definition) is 4. The third-order valence-electron chi connectivity index (χ3n) is 1.13. The van der Waals surface area contributed by atoms with Crippen LogP contribution in [0.1, 0.15) is 27.2 Å². The maximum Gasteiger partial charge on any atom is 0.264 e. The monoisotopic (exact) mass is 196 g/mol. The fourth-order valence-corrected chi connectivity index (χ4v) is 1.70. The first-order valence-electron chi connectivity index (χ1n) is 3.71. The van der Waals surface area contributed by atoms with Crippen molar-refractivity contribution in [1.82, 2.24) is 0 Å². The quantitative estimate of drug-likeness (QED) is 0.665. The standard InChI is InChI=1S/C7H16O4S/c1-6(5-7(2,3)8)11-12(4,9)10/h6,8H,5H2,1-4H3. The first kappa shape index (κ1) is 11.9. The van der Waals surface area contributed by atoms with E-state index in [0.717, 1.165) is 6.26 Å². The zero-order valence-corrected chi connectivity index (χ0v) is 8.68. The van der Waals surface area contributed by atoms with Gasteiger partial charge < -0.3 is 5.11 Å². The minimum Gasteiger partial charge on any atom is -0.390 e. The molecule has 12 heavy (non-hydrogen) atoms. The molecule has 0 aliphatic rings. The largest absolute Gasteiger partial charge is 0.390 e. The molecule has 0 aliphatic carbocycles. The topological polar surface area (TPSA) is 63.6 Å². The van der Waals surface area contributed by atoms with Gasteiger partial charge in [-0.05, 0) is 20.8 Å². The van der Waals surface area contributed by atoms with E-state index in [2.05, 4.69) is 4.18 Å². The fraction of sp³-hybridized carbons (Fsp3) is 1.00. The molecule has 0 amide bonds. The molecule has 0 saturated heterocycles. The lowest BCUT2D eigenvalue weighted by Gasteiger charge is -2.21. The van der Waals surface area contributed by atoms with Crippen LogP contribution in [-0.4, -0.2) is 31.5 Å². The molecule has 0 bridgehead atoms. The summed E-state index contributed by atoms with van der Waals surface area (Å²) < 4.78 is 25.9. The summed E-state index contributed by atoms with van der Waals surface area (Å²) in [6.07, 6.45) is 0.800. The highest BCUT2D eigenvalue weighted by molar-refractivity contribution is 7.86. The normalized spacial score (nSPS) is 16.1. The first-order valence-corrected chi connectivity index (χ1v) is 5.52. The molecule has 0 aromatic carbocycles. The zero-order valence-electron chi connectivity index (χ0n) is 7.86. The second-order valence-corrected chi connectivity index (χ2v) is 5.23. The second kappa shape index (κ2) is 3.72. The minimum atomic E-state index is -3.41. The molecular weight excluding hydrogens is 180 g/mol. The van der Waals surface area contributed by atoms with Gasteiger partial charge in [0.05, 0.1) is 18.0 Å². The van der Waals surface area contributed by atoms with Crippen molar-refractivity contribution in [3.8, 4) is 0 Å². The highest BCUT2D eigenvalue weighted by atomic mass is 32.2. The molecule has 1 N–H and O–H groups in total. The summed E-state index contributed by atoms with van der Waals surface area (Å²) in [6.45, 7) is 4.82. The van der Waals surface area contributed by atoms with Crippen molar-refractivity contribution in [2.24, 2.45) is 0 Å². The summed E-state index contributed by atoms with van der Waals surface area (Å²) in [5.41, 5.74) is -0.899. The van der Waals surface area contributed by atoms with Crippen molar-refractivity contribution in [2.45, 2.75) is 38.9 Å². The Hall–Kier alpha value is -0.130.